The third-order valence-corrected chi connectivity index (χ3v) is 5.51. The largest absolute Gasteiger partial charge is 0.465 e. The Kier molecular flexibility index (Phi) is 7.47. The number of piperidine rings is 1. The molecule has 1 aromatic carbocycles. The zero-order valence-electron chi connectivity index (χ0n) is 13.3. The van der Waals surface area contributed by atoms with Crippen LogP contribution in [0.3, 0.4) is 0 Å². The molecule has 8 heteroatoms. The van der Waals surface area contributed by atoms with Gasteiger partial charge in [0.25, 0.3) is 0 Å². The van der Waals surface area contributed by atoms with Crippen LogP contribution in [0.1, 0.15) is 28.8 Å². The quantitative estimate of drug-likeness (QED) is 0.775. The van der Waals surface area contributed by atoms with E-state index < -0.39 is 16.0 Å². The molecule has 0 spiro atoms. The van der Waals surface area contributed by atoms with Gasteiger partial charge in [-0.1, -0.05) is 6.07 Å². The van der Waals surface area contributed by atoms with Crippen molar-refractivity contribution < 1.29 is 17.9 Å². The maximum atomic E-state index is 12.5. The molecule has 23 heavy (non-hydrogen) atoms. The third-order valence-electron chi connectivity index (χ3n) is 3.94. The highest BCUT2D eigenvalue weighted by Crippen LogP contribution is 2.20. The van der Waals surface area contributed by atoms with Gasteiger partial charge in [0.2, 0.25) is 10.0 Å². The fraction of sp³-hybridized carbons (Fsp3) is 0.533. The number of hydrogen-bond acceptors (Lipinski definition) is 5. The van der Waals surface area contributed by atoms with Gasteiger partial charge in [0.1, 0.15) is 0 Å². The minimum atomic E-state index is -3.64. The van der Waals surface area contributed by atoms with Crippen LogP contribution in [0.25, 0.3) is 0 Å². The first kappa shape index (κ1) is 19.9. The van der Waals surface area contributed by atoms with Crippen molar-refractivity contribution >= 4 is 28.4 Å². The Labute approximate surface area is 143 Å². The summed E-state index contributed by atoms with van der Waals surface area (Å²) in [5, 5.41) is 3.26. The second kappa shape index (κ2) is 8.63. The van der Waals surface area contributed by atoms with Crippen LogP contribution in [-0.2, 0) is 14.8 Å². The van der Waals surface area contributed by atoms with Crippen LogP contribution >= 0.6 is 12.4 Å². The van der Waals surface area contributed by atoms with Crippen molar-refractivity contribution in [3.8, 4) is 0 Å². The summed E-state index contributed by atoms with van der Waals surface area (Å²) < 4.78 is 32.3. The molecule has 6 nitrogen and oxygen atoms in total. The Bertz CT molecular complexity index is 643. The summed E-state index contributed by atoms with van der Waals surface area (Å²) in [7, 11) is -2.37. The SMILES string of the molecule is COC(=O)c1cccc(S(=O)(=O)NCC2CCCNC2)c1C.Cl. The van der Waals surface area contributed by atoms with Gasteiger partial charge < -0.3 is 10.1 Å². The number of esters is 1. The third kappa shape index (κ3) is 4.91. The van der Waals surface area contributed by atoms with Crippen molar-refractivity contribution in [1.82, 2.24) is 10.0 Å². The molecule has 0 radical (unpaired) electrons. The van der Waals surface area contributed by atoms with Gasteiger partial charge in [0.05, 0.1) is 17.6 Å². The van der Waals surface area contributed by atoms with E-state index in [4.69, 9.17) is 0 Å². The summed E-state index contributed by atoms with van der Waals surface area (Å²) in [4.78, 5) is 11.8. The van der Waals surface area contributed by atoms with Crippen molar-refractivity contribution in [3.05, 3.63) is 29.3 Å². The molecule has 1 heterocycles. The van der Waals surface area contributed by atoms with Gasteiger partial charge >= 0.3 is 5.97 Å². The van der Waals surface area contributed by atoms with Gasteiger partial charge in [-0.2, -0.15) is 0 Å². The Morgan fingerprint density at radius 1 is 1.43 bits per heavy atom. The maximum Gasteiger partial charge on any atom is 0.338 e. The second-order valence-corrected chi connectivity index (χ2v) is 7.22. The molecule has 1 saturated heterocycles. The van der Waals surface area contributed by atoms with Gasteiger partial charge in [-0.3, -0.25) is 0 Å². The smallest absolute Gasteiger partial charge is 0.338 e. The number of benzene rings is 1. The van der Waals surface area contributed by atoms with E-state index in [2.05, 4.69) is 14.8 Å². The normalized spacial score (nSPS) is 18.1. The van der Waals surface area contributed by atoms with Gasteiger partial charge in [-0.25, -0.2) is 17.9 Å². The summed E-state index contributed by atoms with van der Waals surface area (Å²) in [5.74, 6) is -0.237. The molecule has 2 rings (SSSR count). The van der Waals surface area contributed by atoms with E-state index in [0.717, 1.165) is 25.9 Å². The highest BCUT2D eigenvalue weighted by Gasteiger charge is 2.22. The van der Waals surface area contributed by atoms with Crippen LogP contribution < -0.4 is 10.0 Å². The summed E-state index contributed by atoms with van der Waals surface area (Å²) in [6.07, 6.45) is 2.07. The first-order valence-electron chi connectivity index (χ1n) is 7.34. The molecule has 1 aliphatic heterocycles. The van der Waals surface area contributed by atoms with Gasteiger partial charge in [0, 0.05) is 6.54 Å². The average Bonchev–Trinajstić information content (AvgIpc) is 2.53. The molecule has 0 saturated carbocycles. The Morgan fingerprint density at radius 2 is 2.17 bits per heavy atom. The van der Waals surface area contributed by atoms with Crippen LogP contribution in [-0.4, -0.2) is 41.1 Å². The Morgan fingerprint density at radius 3 is 2.78 bits per heavy atom. The summed E-state index contributed by atoms with van der Waals surface area (Å²) >= 11 is 0. The number of hydrogen-bond donors (Lipinski definition) is 2. The predicted molar refractivity (Wildman–Crippen MR) is 90.5 cm³/mol. The van der Waals surface area contributed by atoms with Crippen molar-refractivity contribution in [2.45, 2.75) is 24.7 Å². The zero-order chi connectivity index (χ0) is 16.2. The van der Waals surface area contributed by atoms with Crippen molar-refractivity contribution in [2.24, 2.45) is 5.92 Å². The van der Waals surface area contributed by atoms with E-state index in [-0.39, 0.29) is 22.9 Å². The molecule has 130 valence electrons. The van der Waals surface area contributed by atoms with Crippen LogP contribution in [0.5, 0.6) is 0 Å². The van der Waals surface area contributed by atoms with Crippen molar-refractivity contribution in [2.75, 3.05) is 26.7 Å². The monoisotopic (exact) mass is 362 g/mol. The molecule has 1 fully saturated rings. The number of rotatable bonds is 5. The molecule has 1 atom stereocenters. The van der Waals surface area contributed by atoms with E-state index in [0.29, 0.717) is 18.0 Å². The lowest BCUT2D eigenvalue weighted by atomic mass is 10.0. The van der Waals surface area contributed by atoms with Crippen molar-refractivity contribution in [1.29, 1.82) is 0 Å². The summed E-state index contributed by atoms with van der Waals surface area (Å²) in [6, 6.07) is 4.62. The van der Waals surface area contributed by atoms with E-state index in [1.54, 1.807) is 19.1 Å². The number of carbonyl (C=O) groups excluding carboxylic acids is 1. The molecule has 1 aliphatic rings. The first-order chi connectivity index (χ1) is 10.5. The topological polar surface area (TPSA) is 84.5 Å². The summed E-state index contributed by atoms with van der Waals surface area (Å²) in [6.45, 7) is 3.83. The molecular formula is C15H23ClN2O4S. The van der Waals surface area contributed by atoms with Crippen LogP contribution in [0.2, 0.25) is 0 Å². The number of carbonyl (C=O) groups is 1. The molecule has 0 aliphatic carbocycles. The Balaban J connectivity index is 0.00000264. The molecule has 0 amide bonds. The van der Waals surface area contributed by atoms with E-state index in [9.17, 15) is 13.2 Å². The van der Waals surface area contributed by atoms with E-state index in [1.807, 2.05) is 0 Å². The highest BCUT2D eigenvalue weighted by atomic mass is 35.5. The molecule has 0 bridgehead atoms. The minimum Gasteiger partial charge on any atom is -0.465 e. The first-order valence-corrected chi connectivity index (χ1v) is 8.82. The average molecular weight is 363 g/mol. The minimum absolute atomic E-state index is 0. The van der Waals surface area contributed by atoms with Gasteiger partial charge in [-0.15, -0.1) is 12.4 Å². The highest BCUT2D eigenvalue weighted by molar-refractivity contribution is 7.89. The predicted octanol–water partition coefficient (Wildman–Crippen LogP) is 1.48. The lowest BCUT2D eigenvalue weighted by Crippen LogP contribution is -2.38. The molecule has 1 unspecified atom stereocenters. The lowest BCUT2D eigenvalue weighted by Gasteiger charge is -2.23. The van der Waals surface area contributed by atoms with Crippen LogP contribution in [0.15, 0.2) is 23.1 Å². The van der Waals surface area contributed by atoms with Crippen LogP contribution in [0, 0.1) is 12.8 Å². The second-order valence-electron chi connectivity index (χ2n) is 5.48. The van der Waals surface area contributed by atoms with Gasteiger partial charge in [0.15, 0.2) is 0 Å². The number of sulfonamides is 1. The maximum absolute atomic E-state index is 12.5. The zero-order valence-corrected chi connectivity index (χ0v) is 14.9. The standard InChI is InChI=1S/C15H22N2O4S.ClH/c1-11-13(15(18)21-2)6-3-7-14(11)22(19,20)17-10-12-5-4-8-16-9-12;/h3,6-7,12,16-17H,4-5,8-10H2,1-2H3;1H. The number of nitrogens with one attached hydrogen (secondary N) is 2. The molecule has 2 N–H and O–H groups in total. The number of methoxy groups -OCH3 is 1. The van der Waals surface area contributed by atoms with E-state index in [1.165, 1.54) is 13.2 Å². The van der Waals surface area contributed by atoms with E-state index >= 15 is 0 Å². The fourth-order valence-corrected chi connectivity index (χ4v) is 4.02. The van der Waals surface area contributed by atoms with Crippen molar-refractivity contribution in [3.63, 3.8) is 0 Å². The lowest BCUT2D eigenvalue weighted by molar-refractivity contribution is 0.0599. The fourth-order valence-electron chi connectivity index (χ4n) is 2.64. The molecular weight excluding hydrogens is 340 g/mol. The van der Waals surface area contributed by atoms with Gasteiger partial charge in [-0.05, 0) is 56.5 Å². The van der Waals surface area contributed by atoms with Crippen LogP contribution in [0.4, 0.5) is 0 Å². The molecule has 0 aromatic heterocycles. The molecule has 1 aromatic rings. The number of halogens is 1. The summed E-state index contributed by atoms with van der Waals surface area (Å²) in [5.41, 5.74) is 0.674. The number of ether oxygens (including phenoxy) is 1. The Hall–Kier alpha value is -1.15.